The van der Waals surface area contributed by atoms with E-state index in [1.54, 1.807) is 0 Å². The van der Waals surface area contributed by atoms with Gasteiger partial charge < -0.3 is 0 Å². The predicted molar refractivity (Wildman–Crippen MR) is 123 cm³/mol. The van der Waals surface area contributed by atoms with E-state index in [0.717, 1.165) is 11.0 Å². The van der Waals surface area contributed by atoms with Crippen LogP contribution in [0.3, 0.4) is 0 Å². The van der Waals surface area contributed by atoms with E-state index >= 15 is 0 Å². The number of pyridine rings is 2. The maximum atomic E-state index is 4.76. The lowest BCUT2D eigenvalue weighted by atomic mass is 9.74. The minimum absolute atomic E-state index is 0.00298. The van der Waals surface area contributed by atoms with Crippen LogP contribution in [0.15, 0.2) is 58.6 Å². The van der Waals surface area contributed by atoms with Crippen molar-refractivity contribution in [2.45, 2.75) is 37.2 Å². The fourth-order valence-electron chi connectivity index (χ4n) is 5.25. The molecular weight excluding hydrogens is 380 g/mol. The summed E-state index contributed by atoms with van der Waals surface area (Å²) in [5.41, 5.74) is 4.89. The van der Waals surface area contributed by atoms with Gasteiger partial charge in [0.15, 0.2) is 0 Å². The Hall–Kier alpha value is -2.04. The molecule has 138 valence electrons. The van der Waals surface area contributed by atoms with Crippen LogP contribution >= 0.6 is 23.5 Å². The molecule has 0 radical (unpaired) electrons. The highest BCUT2D eigenvalue weighted by Gasteiger charge is 2.56. The van der Waals surface area contributed by atoms with Gasteiger partial charge in [0.1, 0.15) is 0 Å². The number of nitrogens with zero attached hydrogens (tertiary/aromatic N) is 2. The molecule has 0 saturated heterocycles. The van der Waals surface area contributed by atoms with Gasteiger partial charge in [-0.15, -0.1) is 23.5 Å². The van der Waals surface area contributed by atoms with Crippen LogP contribution in [-0.2, 0) is 0 Å². The molecule has 1 aliphatic carbocycles. The first-order valence-corrected chi connectivity index (χ1v) is 11.2. The van der Waals surface area contributed by atoms with Crippen LogP contribution in [0.25, 0.3) is 33.0 Å². The number of benzene rings is 1. The van der Waals surface area contributed by atoms with Gasteiger partial charge >= 0.3 is 0 Å². The molecular formula is C24H20N2S2. The van der Waals surface area contributed by atoms with Gasteiger partial charge in [-0.2, -0.15) is 0 Å². The zero-order valence-electron chi connectivity index (χ0n) is 16.3. The van der Waals surface area contributed by atoms with E-state index in [1.807, 2.05) is 35.9 Å². The topological polar surface area (TPSA) is 25.8 Å². The maximum Gasteiger partial charge on any atom is 0.0971 e. The second kappa shape index (κ2) is 5.31. The maximum absolute atomic E-state index is 4.76. The highest BCUT2D eigenvalue weighted by molar-refractivity contribution is 8.09. The third-order valence-corrected chi connectivity index (χ3v) is 9.61. The van der Waals surface area contributed by atoms with Gasteiger partial charge in [-0.25, -0.2) is 0 Å². The van der Waals surface area contributed by atoms with Crippen LogP contribution < -0.4 is 10.4 Å². The molecule has 2 nitrogen and oxygen atoms in total. The van der Waals surface area contributed by atoms with Crippen LogP contribution in [0, 0.1) is 0 Å². The summed E-state index contributed by atoms with van der Waals surface area (Å²) in [5, 5.41) is 5.15. The van der Waals surface area contributed by atoms with E-state index < -0.39 is 0 Å². The third-order valence-electron chi connectivity index (χ3n) is 6.53. The average molecular weight is 401 g/mol. The lowest BCUT2D eigenvalue weighted by molar-refractivity contribution is 0.690. The third kappa shape index (κ3) is 1.84. The summed E-state index contributed by atoms with van der Waals surface area (Å²) in [5.74, 6) is 0. The summed E-state index contributed by atoms with van der Waals surface area (Å²) in [6.45, 7) is 9.34. The largest absolute Gasteiger partial charge is 0.254 e. The van der Waals surface area contributed by atoms with Crippen LogP contribution in [-0.4, -0.2) is 19.5 Å². The smallest absolute Gasteiger partial charge is 0.0971 e. The van der Waals surface area contributed by atoms with Gasteiger partial charge in [0.05, 0.1) is 20.5 Å². The highest BCUT2D eigenvalue weighted by Crippen LogP contribution is 2.64. The van der Waals surface area contributed by atoms with E-state index in [0.29, 0.717) is 0 Å². The van der Waals surface area contributed by atoms with Crippen molar-refractivity contribution in [2.24, 2.45) is 0 Å². The number of rotatable bonds is 0. The van der Waals surface area contributed by atoms with Crippen molar-refractivity contribution in [1.82, 2.24) is 9.97 Å². The molecule has 0 fully saturated rings. The molecule has 4 heteroatoms. The molecule has 3 aromatic rings. The highest BCUT2D eigenvalue weighted by atomic mass is 32.2. The predicted octanol–water partition coefficient (Wildman–Crippen LogP) is 4.92. The number of aromatic nitrogens is 2. The number of allylic oxidation sites excluding steroid dienone is 4. The Morgan fingerprint density at radius 1 is 0.714 bits per heavy atom. The van der Waals surface area contributed by atoms with Gasteiger partial charge in [-0.3, -0.25) is 9.97 Å². The molecule has 2 aromatic heterocycles. The Bertz CT molecular complexity index is 1310. The van der Waals surface area contributed by atoms with Gasteiger partial charge in [0, 0.05) is 23.2 Å². The molecule has 0 saturated carbocycles. The van der Waals surface area contributed by atoms with Gasteiger partial charge in [-0.05, 0) is 83.4 Å². The molecule has 0 N–H and O–H groups in total. The van der Waals surface area contributed by atoms with Crippen molar-refractivity contribution < 1.29 is 0 Å². The Labute approximate surface area is 172 Å². The van der Waals surface area contributed by atoms with Crippen LogP contribution in [0.5, 0.6) is 0 Å². The van der Waals surface area contributed by atoms with Crippen molar-refractivity contribution in [3.05, 3.63) is 69.1 Å². The normalized spacial score (nSPS) is 28.3. The average Bonchev–Trinajstić information content (AvgIpc) is 3.17. The zero-order chi connectivity index (χ0) is 19.3. The van der Waals surface area contributed by atoms with E-state index in [2.05, 4.69) is 64.1 Å². The first-order chi connectivity index (χ1) is 13.4. The van der Waals surface area contributed by atoms with E-state index in [4.69, 9.17) is 9.97 Å². The SMILES string of the molecule is CC1=CC2=c3c(c4cccnc4c4ncccc34)=C3C=C(C)S[C@@]3(C)[C@]2(C)S1. The summed E-state index contributed by atoms with van der Waals surface area (Å²) in [7, 11) is 0. The quantitative estimate of drug-likeness (QED) is 0.501. The molecule has 0 amide bonds. The number of fused-ring (bicyclic) bond motifs is 9. The molecule has 2 aliphatic heterocycles. The zero-order valence-corrected chi connectivity index (χ0v) is 18.0. The molecule has 0 spiro atoms. The molecule has 28 heavy (non-hydrogen) atoms. The minimum atomic E-state index is -0.00298. The first-order valence-electron chi connectivity index (χ1n) is 9.60. The van der Waals surface area contributed by atoms with Crippen molar-refractivity contribution in [1.29, 1.82) is 0 Å². The first kappa shape index (κ1) is 16.9. The van der Waals surface area contributed by atoms with Crippen molar-refractivity contribution >= 4 is 56.5 Å². The van der Waals surface area contributed by atoms with Crippen LogP contribution in [0.2, 0.25) is 0 Å². The summed E-state index contributed by atoms with van der Waals surface area (Å²) in [6, 6.07) is 8.54. The second-order valence-electron chi connectivity index (χ2n) is 8.16. The summed E-state index contributed by atoms with van der Waals surface area (Å²) >= 11 is 4.04. The Morgan fingerprint density at radius 2 is 1.14 bits per heavy atom. The minimum Gasteiger partial charge on any atom is -0.254 e. The summed E-state index contributed by atoms with van der Waals surface area (Å²) in [4.78, 5) is 12.3. The monoisotopic (exact) mass is 400 g/mol. The Balaban J connectivity index is 2.05. The van der Waals surface area contributed by atoms with Crippen molar-refractivity contribution in [2.75, 3.05) is 0 Å². The number of hydrogen-bond donors (Lipinski definition) is 0. The number of thioether (sulfide) groups is 2. The van der Waals surface area contributed by atoms with Crippen molar-refractivity contribution in [3.8, 4) is 0 Å². The standard InChI is InChI=1S/C24H20N2S2/c1-13-11-17-19-15-7-5-9-25-21(15)22-16(8-6-10-26-22)20(19)18-12-14(2)28-24(18,4)23(17,3)27-13/h5-12H,1-4H3/t23-,24-/m1/s1. The van der Waals surface area contributed by atoms with Gasteiger partial charge in [0.2, 0.25) is 0 Å². The molecule has 4 heterocycles. The lowest BCUT2D eigenvalue weighted by Gasteiger charge is -2.45. The van der Waals surface area contributed by atoms with E-state index in [1.165, 1.54) is 42.2 Å². The molecule has 0 unspecified atom stereocenters. The van der Waals surface area contributed by atoms with Gasteiger partial charge in [-0.1, -0.05) is 12.1 Å². The van der Waals surface area contributed by atoms with Crippen LogP contribution in [0.1, 0.15) is 27.7 Å². The summed E-state index contributed by atoms with van der Waals surface area (Å²) < 4.78 is -0.00595. The Morgan fingerprint density at radius 3 is 1.57 bits per heavy atom. The molecule has 1 aromatic carbocycles. The van der Waals surface area contributed by atoms with Crippen LogP contribution in [0.4, 0.5) is 0 Å². The number of hydrogen-bond acceptors (Lipinski definition) is 4. The molecule has 0 bridgehead atoms. The molecule has 2 atom stereocenters. The molecule has 3 aliphatic rings. The van der Waals surface area contributed by atoms with E-state index in [-0.39, 0.29) is 9.49 Å². The summed E-state index contributed by atoms with van der Waals surface area (Å²) in [6.07, 6.45) is 8.59. The Kier molecular flexibility index (Phi) is 3.20. The van der Waals surface area contributed by atoms with Gasteiger partial charge in [0.25, 0.3) is 0 Å². The fraction of sp³-hybridized carbons (Fsp3) is 0.250. The second-order valence-corrected chi connectivity index (χ2v) is 11.5. The van der Waals surface area contributed by atoms with Crippen molar-refractivity contribution in [3.63, 3.8) is 0 Å². The lowest BCUT2D eigenvalue weighted by Crippen LogP contribution is -2.53. The van der Waals surface area contributed by atoms with E-state index in [9.17, 15) is 0 Å². The fourth-order valence-corrected chi connectivity index (χ4v) is 8.29. The molecule has 6 rings (SSSR count).